The molecule has 4 aromatic heterocycles. The van der Waals surface area contributed by atoms with E-state index in [2.05, 4.69) is 38.6 Å². The van der Waals surface area contributed by atoms with E-state index in [9.17, 15) is 5.11 Å². The summed E-state index contributed by atoms with van der Waals surface area (Å²) in [6, 6.07) is 16.1. The summed E-state index contributed by atoms with van der Waals surface area (Å²) in [5, 5.41) is 11.0. The standard InChI is InChI=1S/C26H22N6O/c27-24-23-22(31-25(32(23)10-9-29-24)17-12-26(13-17)14-21(26)33)16-5-4-15-6-7-19(30-20(15)11-16)18-3-1-2-8-28-18/h1-11,17,21,33H,12-14H2,(H2,27,29)/t17?,21-,26?/m1/s1. The lowest BCUT2D eigenvalue weighted by molar-refractivity contribution is 0.133. The molecule has 0 radical (unpaired) electrons. The van der Waals surface area contributed by atoms with Crippen LogP contribution in [0.5, 0.6) is 0 Å². The summed E-state index contributed by atoms with van der Waals surface area (Å²) in [4.78, 5) is 18.7. The first-order valence-corrected chi connectivity index (χ1v) is 11.2. The van der Waals surface area contributed by atoms with Crippen molar-refractivity contribution in [2.75, 3.05) is 5.73 Å². The van der Waals surface area contributed by atoms with Crippen molar-refractivity contribution in [3.05, 3.63) is 72.9 Å². The van der Waals surface area contributed by atoms with Crippen LogP contribution in [0.2, 0.25) is 0 Å². The lowest BCUT2D eigenvalue weighted by Gasteiger charge is -2.35. The third kappa shape index (κ3) is 2.79. The Hall–Kier alpha value is -3.84. The zero-order chi connectivity index (χ0) is 22.2. The number of fused-ring (bicyclic) bond motifs is 2. The summed E-state index contributed by atoms with van der Waals surface area (Å²) in [6.07, 6.45) is 8.15. The van der Waals surface area contributed by atoms with Crippen LogP contribution in [0.3, 0.4) is 0 Å². The second-order valence-electron chi connectivity index (χ2n) is 9.36. The fourth-order valence-electron chi connectivity index (χ4n) is 5.37. The molecule has 1 spiro atoms. The first-order valence-electron chi connectivity index (χ1n) is 11.2. The Balaban J connectivity index is 1.35. The number of anilines is 1. The van der Waals surface area contributed by atoms with Gasteiger partial charge in [-0.25, -0.2) is 15.0 Å². The van der Waals surface area contributed by atoms with Crippen LogP contribution >= 0.6 is 0 Å². The molecule has 33 heavy (non-hydrogen) atoms. The zero-order valence-electron chi connectivity index (χ0n) is 17.9. The van der Waals surface area contributed by atoms with Gasteiger partial charge in [0.2, 0.25) is 0 Å². The van der Waals surface area contributed by atoms with Crippen LogP contribution in [0, 0.1) is 5.41 Å². The van der Waals surface area contributed by atoms with Crippen LogP contribution in [-0.4, -0.2) is 35.5 Å². The molecule has 0 bridgehead atoms. The minimum atomic E-state index is -0.147. The van der Waals surface area contributed by atoms with Crippen LogP contribution in [-0.2, 0) is 0 Å². The SMILES string of the molecule is Nc1nccn2c(C3CC4(C3)C[C@H]4O)nc(-c3ccc4ccc(-c5ccccn5)nc4c3)c12. The van der Waals surface area contributed by atoms with Crippen LogP contribution in [0.15, 0.2) is 67.1 Å². The zero-order valence-corrected chi connectivity index (χ0v) is 17.9. The molecule has 7 heteroatoms. The number of nitrogen functional groups attached to an aromatic ring is 1. The van der Waals surface area contributed by atoms with Gasteiger partial charge in [0.1, 0.15) is 22.9 Å². The molecular weight excluding hydrogens is 412 g/mol. The van der Waals surface area contributed by atoms with Gasteiger partial charge in [0.25, 0.3) is 0 Å². The van der Waals surface area contributed by atoms with Gasteiger partial charge in [-0.05, 0) is 43.5 Å². The molecule has 1 atom stereocenters. The van der Waals surface area contributed by atoms with E-state index >= 15 is 0 Å². The molecule has 2 aliphatic carbocycles. The highest BCUT2D eigenvalue weighted by atomic mass is 16.3. The van der Waals surface area contributed by atoms with Crippen LogP contribution in [0.25, 0.3) is 39.1 Å². The molecule has 1 aromatic carbocycles. The molecule has 162 valence electrons. The summed E-state index contributed by atoms with van der Waals surface area (Å²) in [5.41, 5.74) is 11.6. The first kappa shape index (κ1) is 18.7. The molecule has 0 aliphatic heterocycles. The Morgan fingerprint density at radius 1 is 0.939 bits per heavy atom. The van der Waals surface area contributed by atoms with Gasteiger partial charge < -0.3 is 10.8 Å². The van der Waals surface area contributed by atoms with Crippen molar-refractivity contribution in [3.8, 4) is 22.6 Å². The van der Waals surface area contributed by atoms with E-state index < -0.39 is 0 Å². The number of nitrogens with zero attached hydrogens (tertiary/aromatic N) is 5. The maximum absolute atomic E-state index is 9.98. The highest BCUT2D eigenvalue weighted by Gasteiger charge is 2.62. The van der Waals surface area contributed by atoms with Gasteiger partial charge in [0.15, 0.2) is 0 Å². The maximum Gasteiger partial charge on any atom is 0.150 e. The summed E-state index contributed by atoms with van der Waals surface area (Å²) < 4.78 is 2.08. The molecular formula is C26H22N6O. The molecule has 0 unspecified atom stereocenters. The third-order valence-electron chi connectivity index (χ3n) is 7.32. The molecule has 5 aromatic rings. The quantitative estimate of drug-likeness (QED) is 0.441. The van der Waals surface area contributed by atoms with Gasteiger partial charge in [-0.1, -0.05) is 24.3 Å². The number of aliphatic hydroxyl groups excluding tert-OH is 1. The molecule has 2 saturated carbocycles. The Kier molecular flexibility index (Phi) is 3.73. The van der Waals surface area contributed by atoms with E-state index in [1.807, 2.05) is 30.5 Å². The Morgan fingerprint density at radius 3 is 2.58 bits per heavy atom. The van der Waals surface area contributed by atoms with Gasteiger partial charge in [0.05, 0.1) is 23.0 Å². The molecule has 0 amide bonds. The topological polar surface area (TPSA) is 102 Å². The lowest BCUT2D eigenvalue weighted by Crippen LogP contribution is -2.28. The summed E-state index contributed by atoms with van der Waals surface area (Å²) in [6.45, 7) is 0. The Bertz CT molecular complexity index is 1540. The van der Waals surface area contributed by atoms with Crippen molar-refractivity contribution in [2.45, 2.75) is 31.3 Å². The Labute approximate surface area is 190 Å². The van der Waals surface area contributed by atoms with E-state index in [0.717, 1.165) is 64.2 Å². The van der Waals surface area contributed by atoms with Crippen molar-refractivity contribution in [1.29, 1.82) is 0 Å². The fraction of sp³-hybridized carbons (Fsp3) is 0.231. The minimum Gasteiger partial charge on any atom is -0.393 e. The van der Waals surface area contributed by atoms with E-state index in [1.54, 1.807) is 12.4 Å². The second-order valence-corrected chi connectivity index (χ2v) is 9.36. The Morgan fingerprint density at radius 2 is 1.79 bits per heavy atom. The van der Waals surface area contributed by atoms with Crippen molar-refractivity contribution < 1.29 is 5.11 Å². The third-order valence-corrected chi connectivity index (χ3v) is 7.32. The molecule has 3 N–H and O–H groups in total. The summed E-state index contributed by atoms with van der Waals surface area (Å²) in [7, 11) is 0. The lowest BCUT2D eigenvalue weighted by atomic mass is 9.71. The second kappa shape index (κ2) is 6.59. The molecule has 7 rings (SSSR count). The number of benzene rings is 1. The predicted octanol–water partition coefficient (Wildman–Crippen LogP) is 4.22. The van der Waals surface area contributed by atoms with Crippen molar-refractivity contribution in [2.24, 2.45) is 5.41 Å². The highest BCUT2D eigenvalue weighted by molar-refractivity contribution is 5.91. The first-order chi connectivity index (χ1) is 16.1. The van der Waals surface area contributed by atoms with Gasteiger partial charge in [-0.15, -0.1) is 0 Å². The largest absolute Gasteiger partial charge is 0.393 e. The molecule has 2 fully saturated rings. The summed E-state index contributed by atoms with van der Waals surface area (Å²) in [5.74, 6) is 1.77. The number of hydrogen-bond donors (Lipinski definition) is 2. The fourth-order valence-corrected chi connectivity index (χ4v) is 5.37. The van der Waals surface area contributed by atoms with E-state index in [-0.39, 0.29) is 11.5 Å². The van der Waals surface area contributed by atoms with Gasteiger partial charge in [-0.3, -0.25) is 9.38 Å². The smallest absolute Gasteiger partial charge is 0.150 e. The van der Waals surface area contributed by atoms with Gasteiger partial charge in [-0.2, -0.15) is 0 Å². The van der Waals surface area contributed by atoms with E-state index in [1.165, 1.54) is 0 Å². The number of hydrogen-bond acceptors (Lipinski definition) is 6. The molecule has 4 heterocycles. The number of pyridine rings is 2. The van der Waals surface area contributed by atoms with Gasteiger partial charge >= 0.3 is 0 Å². The molecule has 2 aliphatic rings. The average molecular weight is 435 g/mol. The van der Waals surface area contributed by atoms with Gasteiger partial charge in [0, 0.05) is 40.9 Å². The van der Waals surface area contributed by atoms with E-state index in [0.29, 0.717) is 11.7 Å². The van der Waals surface area contributed by atoms with Crippen LogP contribution in [0.4, 0.5) is 5.82 Å². The minimum absolute atomic E-state index is 0.129. The van der Waals surface area contributed by atoms with E-state index in [4.69, 9.17) is 15.7 Å². The molecule has 7 nitrogen and oxygen atoms in total. The number of aliphatic hydroxyl groups is 1. The van der Waals surface area contributed by atoms with Crippen molar-refractivity contribution in [1.82, 2.24) is 24.3 Å². The average Bonchev–Trinajstić information content (AvgIpc) is 3.35. The monoisotopic (exact) mass is 434 g/mol. The maximum atomic E-state index is 9.98. The van der Waals surface area contributed by atoms with Crippen LogP contribution < -0.4 is 5.73 Å². The normalized spacial score (nSPS) is 23.8. The number of nitrogens with two attached hydrogens (primary N) is 1. The number of aromatic nitrogens is 5. The number of rotatable bonds is 3. The number of imidazole rings is 1. The van der Waals surface area contributed by atoms with Crippen molar-refractivity contribution >= 4 is 22.2 Å². The molecule has 0 saturated heterocycles. The highest BCUT2D eigenvalue weighted by Crippen LogP contribution is 2.66. The summed E-state index contributed by atoms with van der Waals surface area (Å²) >= 11 is 0. The van der Waals surface area contributed by atoms with Crippen molar-refractivity contribution in [3.63, 3.8) is 0 Å². The predicted molar refractivity (Wildman–Crippen MR) is 126 cm³/mol. The van der Waals surface area contributed by atoms with Crippen LogP contribution in [0.1, 0.15) is 31.0 Å².